The lowest BCUT2D eigenvalue weighted by atomic mass is 9.55. The van der Waals surface area contributed by atoms with Gasteiger partial charge in [0.1, 0.15) is 0 Å². The van der Waals surface area contributed by atoms with Gasteiger partial charge in [0.2, 0.25) is 17.7 Å². The second-order valence-corrected chi connectivity index (χ2v) is 11.2. The zero-order valence-electron chi connectivity index (χ0n) is 23.7. The first kappa shape index (κ1) is 27.3. The van der Waals surface area contributed by atoms with E-state index in [9.17, 15) is 24.0 Å². The maximum Gasteiger partial charge on any atom is 0.338 e. The van der Waals surface area contributed by atoms with E-state index in [-0.39, 0.29) is 35.1 Å². The van der Waals surface area contributed by atoms with Crippen molar-refractivity contribution in [2.75, 3.05) is 22.1 Å². The van der Waals surface area contributed by atoms with Gasteiger partial charge in [-0.05, 0) is 64.7 Å². The molecule has 218 valence electrons. The van der Waals surface area contributed by atoms with Crippen LogP contribution in [0.1, 0.15) is 51.4 Å². The Morgan fingerprint density at radius 2 is 1.18 bits per heavy atom. The van der Waals surface area contributed by atoms with Gasteiger partial charge in [-0.15, -0.1) is 0 Å². The molecule has 2 atom stereocenters. The number of imide groups is 1. The molecular formula is C35H27N3O6. The fraction of sp³-hybridized carbons (Fsp3) is 0.171. The second-order valence-electron chi connectivity index (χ2n) is 11.2. The van der Waals surface area contributed by atoms with Crippen LogP contribution in [0.5, 0.6) is 0 Å². The van der Waals surface area contributed by atoms with Crippen molar-refractivity contribution >= 4 is 46.7 Å². The molecular weight excluding hydrogens is 558 g/mol. The number of carbonyl (C=O) groups excluding carboxylic acids is 5. The lowest BCUT2D eigenvalue weighted by molar-refractivity contribution is -0.122. The van der Waals surface area contributed by atoms with Crippen molar-refractivity contribution in [1.82, 2.24) is 0 Å². The highest BCUT2D eigenvalue weighted by atomic mass is 16.5. The van der Waals surface area contributed by atoms with Crippen LogP contribution in [0.25, 0.3) is 0 Å². The van der Waals surface area contributed by atoms with Gasteiger partial charge in [-0.25, -0.2) is 9.69 Å². The van der Waals surface area contributed by atoms with Crippen LogP contribution in [0, 0.1) is 11.8 Å². The molecule has 0 spiro atoms. The zero-order chi connectivity index (χ0) is 30.5. The van der Waals surface area contributed by atoms with Crippen LogP contribution in [-0.2, 0) is 23.9 Å². The SMILES string of the molecule is CC(=O)Nc1ccc(NC(=O)COC(=O)c2cccc(N3C(=O)[C@H]4C5c6ccccc6C(c6ccccc65)[C@@H]4C3=O)c2)cc1. The molecule has 4 aromatic carbocycles. The Morgan fingerprint density at radius 3 is 1.68 bits per heavy atom. The number of hydrogen-bond donors (Lipinski definition) is 2. The van der Waals surface area contributed by atoms with Crippen molar-refractivity contribution in [3.8, 4) is 0 Å². The highest BCUT2D eigenvalue weighted by molar-refractivity contribution is 6.23. The standard InChI is InChI=1S/C35H27N3O6/c1-19(39)36-21-13-15-22(16-14-21)37-28(40)18-44-35(43)20-7-6-8-23(17-20)38-33(41)31-29-24-9-2-3-10-25(24)30(32(31)34(38)42)27-12-5-4-11-26(27)29/h2-17,29-32H,18H2,1H3,(H,36,39)(H,37,40)/t29?,30?,31-,32-/m0/s1. The van der Waals surface area contributed by atoms with Gasteiger partial charge in [0, 0.05) is 30.1 Å². The molecule has 1 heterocycles. The molecule has 2 N–H and O–H groups in total. The molecule has 3 aliphatic carbocycles. The number of anilines is 3. The summed E-state index contributed by atoms with van der Waals surface area (Å²) in [5.41, 5.74) is 5.78. The number of amides is 4. The molecule has 8 rings (SSSR count). The molecule has 0 aromatic heterocycles. The summed E-state index contributed by atoms with van der Waals surface area (Å²) in [4.78, 5) is 65.8. The molecule has 9 heteroatoms. The van der Waals surface area contributed by atoms with Crippen molar-refractivity contribution in [3.05, 3.63) is 125 Å². The third kappa shape index (κ3) is 4.44. The Hall–Kier alpha value is -5.57. The van der Waals surface area contributed by atoms with Crippen LogP contribution >= 0.6 is 0 Å². The largest absolute Gasteiger partial charge is 0.452 e. The number of rotatable bonds is 6. The van der Waals surface area contributed by atoms with E-state index < -0.39 is 30.3 Å². The van der Waals surface area contributed by atoms with Gasteiger partial charge in [0.25, 0.3) is 5.91 Å². The highest BCUT2D eigenvalue weighted by Gasteiger charge is 2.61. The zero-order valence-corrected chi connectivity index (χ0v) is 23.7. The third-order valence-electron chi connectivity index (χ3n) is 8.61. The van der Waals surface area contributed by atoms with Gasteiger partial charge in [0.05, 0.1) is 23.1 Å². The number of carbonyl (C=O) groups is 5. The van der Waals surface area contributed by atoms with E-state index in [0.717, 1.165) is 22.3 Å². The number of ether oxygens (including phenoxy) is 1. The fourth-order valence-corrected chi connectivity index (χ4v) is 6.96. The molecule has 4 aliphatic rings. The molecule has 0 saturated carbocycles. The Labute approximate surface area is 252 Å². The number of esters is 1. The molecule has 1 fully saturated rings. The van der Waals surface area contributed by atoms with Gasteiger partial charge in [-0.2, -0.15) is 0 Å². The lowest BCUT2D eigenvalue weighted by Crippen LogP contribution is -2.41. The molecule has 4 amide bonds. The minimum Gasteiger partial charge on any atom is -0.452 e. The summed E-state index contributed by atoms with van der Waals surface area (Å²) in [6.45, 7) is 0.858. The maximum absolute atomic E-state index is 14.0. The van der Waals surface area contributed by atoms with E-state index in [4.69, 9.17) is 4.74 Å². The van der Waals surface area contributed by atoms with E-state index in [1.807, 2.05) is 48.5 Å². The van der Waals surface area contributed by atoms with Crippen LogP contribution in [0.2, 0.25) is 0 Å². The van der Waals surface area contributed by atoms with Crippen molar-refractivity contribution in [3.63, 3.8) is 0 Å². The van der Waals surface area contributed by atoms with Crippen LogP contribution in [0.15, 0.2) is 97.1 Å². The van der Waals surface area contributed by atoms with Crippen LogP contribution in [0.3, 0.4) is 0 Å². The first-order chi connectivity index (χ1) is 21.3. The van der Waals surface area contributed by atoms with Crippen molar-refractivity contribution in [2.45, 2.75) is 18.8 Å². The summed E-state index contributed by atoms with van der Waals surface area (Å²) in [6.07, 6.45) is 0. The Kier molecular flexibility index (Phi) is 6.58. The Morgan fingerprint density at radius 1 is 0.682 bits per heavy atom. The van der Waals surface area contributed by atoms with E-state index >= 15 is 0 Å². The third-order valence-corrected chi connectivity index (χ3v) is 8.61. The normalized spacial score (nSPS) is 20.8. The smallest absolute Gasteiger partial charge is 0.338 e. The molecule has 1 aliphatic heterocycles. The summed E-state index contributed by atoms with van der Waals surface area (Å²) in [7, 11) is 0. The van der Waals surface area contributed by atoms with E-state index in [0.29, 0.717) is 17.1 Å². The molecule has 44 heavy (non-hydrogen) atoms. The van der Waals surface area contributed by atoms with Crippen LogP contribution in [-0.4, -0.2) is 36.2 Å². The quantitative estimate of drug-likeness (QED) is 0.247. The molecule has 0 unspecified atom stereocenters. The molecule has 1 saturated heterocycles. The maximum atomic E-state index is 14.0. The molecule has 4 aromatic rings. The van der Waals surface area contributed by atoms with Gasteiger partial charge in [0.15, 0.2) is 6.61 Å². The Bertz CT molecular complexity index is 1750. The molecule has 9 nitrogen and oxygen atoms in total. The van der Waals surface area contributed by atoms with Crippen LogP contribution < -0.4 is 15.5 Å². The summed E-state index contributed by atoms with van der Waals surface area (Å²) in [5, 5.41) is 5.27. The number of nitrogens with zero attached hydrogens (tertiary/aromatic N) is 1. The van der Waals surface area contributed by atoms with Gasteiger partial charge < -0.3 is 15.4 Å². The first-order valence-corrected chi connectivity index (χ1v) is 14.3. The number of benzene rings is 4. The van der Waals surface area contributed by atoms with E-state index in [1.165, 1.54) is 24.0 Å². The molecule has 0 radical (unpaired) electrons. The van der Waals surface area contributed by atoms with Gasteiger partial charge in [-0.1, -0.05) is 54.6 Å². The number of hydrogen-bond acceptors (Lipinski definition) is 6. The predicted octanol–water partition coefficient (Wildman–Crippen LogP) is 4.84. The fourth-order valence-electron chi connectivity index (χ4n) is 6.96. The lowest BCUT2D eigenvalue weighted by Gasteiger charge is -2.45. The molecule has 2 bridgehead atoms. The Balaban J connectivity index is 1.08. The van der Waals surface area contributed by atoms with Gasteiger partial charge in [-0.3, -0.25) is 19.2 Å². The topological polar surface area (TPSA) is 122 Å². The predicted molar refractivity (Wildman–Crippen MR) is 162 cm³/mol. The average molecular weight is 586 g/mol. The monoisotopic (exact) mass is 585 g/mol. The van der Waals surface area contributed by atoms with Crippen molar-refractivity contribution in [1.29, 1.82) is 0 Å². The minimum atomic E-state index is -0.764. The minimum absolute atomic E-state index is 0.111. The summed E-state index contributed by atoms with van der Waals surface area (Å²) in [6, 6.07) is 28.7. The van der Waals surface area contributed by atoms with E-state index in [1.54, 1.807) is 36.4 Å². The summed E-state index contributed by atoms with van der Waals surface area (Å²) < 4.78 is 5.24. The van der Waals surface area contributed by atoms with E-state index in [2.05, 4.69) is 10.6 Å². The van der Waals surface area contributed by atoms with Crippen LogP contribution in [0.4, 0.5) is 17.1 Å². The van der Waals surface area contributed by atoms with Crippen molar-refractivity contribution in [2.24, 2.45) is 11.8 Å². The van der Waals surface area contributed by atoms with Crippen molar-refractivity contribution < 1.29 is 28.7 Å². The second kappa shape index (κ2) is 10.6. The highest BCUT2D eigenvalue weighted by Crippen LogP contribution is 2.61. The van der Waals surface area contributed by atoms with Gasteiger partial charge >= 0.3 is 5.97 Å². The summed E-state index contributed by atoms with van der Waals surface area (Å²) >= 11 is 0. The first-order valence-electron chi connectivity index (χ1n) is 14.3. The average Bonchev–Trinajstić information content (AvgIpc) is 3.30. The number of nitrogens with one attached hydrogen (secondary N) is 2. The summed E-state index contributed by atoms with van der Waals surface area (Å²) in [5.74, 6) is -3.63.